The summed E-state index contributed by atoms with van der Waals surface area (Å²) in [6.07, 6.45) is 0.421. The van der Waals surface area contributed by atoms with E-state index in [1.165, 1.54) is 4.90 Å². The van der Waals surface area contributed by atoms with E-state index in [0.29, 0.717) is 12.1 Å². The van der Waals surface area contributed by atoms with Crippen LogP contribution in [-0.4, -0.2) is 28.7 Å². The molecular formula is C30H28N2O3. The van der Waals surface area contributed by atoms with Gasteiger partial charge in [-0.05, 0) is 46.7 Å². The van der Waals surface area contributed by atoms with Crippen molar-refractivity contribution in [2.45, 2.75) is 38.1 Å². The lowest BCUT2D eigenvalue weighted by Gasteiger charge is -2.45. The Morgan fingerprint density at radius 3 is 1.60 bits per heavy atom. The second-order valence-electron chi connectivity index (χ2n) is 10.3. The number of nitrogens with zero attached hydrogens (tertiary/aromatic N) is 1. The van der Waals surface area contributed by atoms with Crippen molar-refractivity contribution in [3.8, 4) is 0 Å². The van der Waals surface area contributed by atoms with Gasteiger partial charge in [0.1, 0.15) is 6.04 Å². The third-order valence-electron chi connectivity index (χ3n) is 7.83. The summed E-state index contributed by atoms with van der Waals surface area (Å²) in [5.41, 5.74) is 5.19. The van der Waals surface area contributed by atoms with E-state index in [0.717, 1.165) is 22.3 Å². The first-order chi connectivity index (χ1) is 17.0. The molecule has 1 aliphatic heterocycles. The number of carbonyl (C=O) groups excluding carboxylic acids is 3. The summed E-state index contributed by atoms with van der Waals surface area (Å²) in [4.78, 5) is 42.9. The molecule has 1 fully saturated rings. The molecule has 1 N–H and O–H groups in total. The van der Waals surface area contributed by atoms with Gasteiger partial charge in [-0.3, -0.25) is 19.3 Å². The molecule has 1 saturated heterocycles. The average molecular weight is 465 g/mol. The smallest absolute Gasteiger partial charge is 0.247 e. The first kappa shape index (κ1) is 21.8. The Morgan fingerprint density at radius 2 is 1.17 bits per heavy atom. The molecule has 35 heavy (non-hydrogen) atoms. The van der Waals surface area contributed by atoms with E-state index in [-0.39, 0.29) is 35.5 Å². The zero-order valence-corrected chi connectivity index (χ0v) is 19.8. The summed E-state index contributed by atoms with van der Waals surface area (Å²) in [7, 11) is 0. The number of anilines is 1. The Bertz CT molecular complexity index is 1220. The van der Waals surface area contributed by atoms with Crippen molar-refractivity contribution < 1.29 is 14.4 Å². The van der Waals surface area contributed by atoms with Gasteiger partial charge < -0.3 is 5.32 Å². The first-order valence-corrected chi connectivity index (χ1v) is 12.4. The summed E-state index contributed by atoms with van der Waals surface area (Å²) in [5.74, 6) is -1.90. The quantitative estimate of drug-likeness (QED) is 0.545. The molecule has 4 aliphatic rings. The van der Waals surface area contributed by atoms with Crippen LogP contribution in [0, 0.1) is 17.8 Å². The Morgan fingerprint density at radius 1 is 0.743 bits per heavy atom. The molecular weight excluding hydrogens is 436 g/mol. The van der Waals surface area contributed by atoms with Crippen molar-refractivity contribution in [1.82, 2.24) is 4.90 Å². The van der Waals surface area contributed by atoms with Gasteiger partial charge in [-0.1, -0.05) is 80.6 Å². The molecule has 0 aromatic heterocycles. The van der Waals surface area contributed by atoms with Gasteiger partial charge in [-0.25, -0.2) is 0 Å². The van der Waals surface area contributed by atoms with Gasteiger partial charge in [0.25, 0.3) is 0 Å². The van der Waals surface area contributed by atoms with Gasteiger partial charge in [0.15, 0.2) is 0 Å². The number of hydrogen-bond acceptors (Lipinski definition) is 3. The summed E-state index contributed by atoms with van der Waals surface area (Å²) in [6, 6.07) is 24.7. The molecule has 1 heterocycles. The number of imide groups is 1. The third kappa shape index (κ3) is 3.25. The molecule has 3 amide bonds. The summed E-state index contributed by atoms with van der Waals surface area (Å²) >= 11 is 0. The topological polar surface area (TPSA) is 66.5 Å². The first-order valence-electron chi connectivity index (χ1n) is 12.4. The number of benzene rings is 3. The highest BCUT2D eigenvalue weighted by atomic mass is 16.2. The van der Waals surface area contributed by atoms with Crippen LogP contribution in [-0.2, 0) is 14.4 Å². The van der Waals surface area contributed by atoms with Crippen molar-refractivity contribution in [3.05, 3.63) is 101 Å². The maximum Gasteiger partial charge on any atom is 0.247 e. The fourth-order valence-corrected chi connectivity index (χ4v) is 6.53. The van der Waals surface area contributed by atoms with Crippen LogP contribution in [0.3, 0.4) is 0 Å². The number of nitrogens with one attached hydrogen (secondary N) is 1. The van der Waals surface area contributed by atoms with Crippen LogP contribution < -0.4 is 5.32 Å². The second kappa shape index (κ2) is 8.19. The highest BCUT2D eigenvalue weighted by molar-refractivity contribution is 6.11. The number of rotatable bonds is 5. The highest BCUT2D eigenvalue weighted by Crippen LogP contribution is 2.61. The second-order valence-corrected chi connectivity index (χ2v) is 10.3. The molecule has 3 atom stereocenters. The van der Waals surface area contributed by atoms with Crippen molar-refractivity contribution in [1.29, 1.82) is 0 Å². The molecule has 3 aromatic carbocycles. The molecule has 2 bridgehead atoms. The molecule has 0 spiro atoms. The average Bonchev–Trinajstić information content (AvgIpc) is 3.13. The van der Waals surface area contributed by atoms with Crippen molar-refractivity contribution in [3.63, 3.8) is 0 Å². The molecule has 176 valence electrons. The van der Waals surface area contributed by atoms with Gasteiger partial charge in [-0.15, -0.1) is 0 Å². The lowest BCUT2D eigenvalue weighted by molar-refractivity contribution is -0.147. The standard InChI is InChI=1S/C30H28N2O3/c1-17(2)16-23(28(33)31-18-10-4-3-5-11-18)32-29(34)26-24-19-12-6-7-13-20(19)25(27(26)30(32)35)22-15-9-8-14-21(22)24/h3-15,17,23-27H,16H2,1-2H3,(H,31,33)/t23-,24?,25?,26+,27+/m1/s1. The van der Waals surface area contributed by atoms with E-state index in [1.54, 1.807) is 0 Å². The molecule has 5 heteroatoms. The highest BCUT2D eigenvalue weighted by Gasteiger charge is 2.63. The summed E-state index contributed by atoms with van der Waals surface area (Å²) in [6.45, 7) is 4.02. The lowest BCUT2D eigenvalue weighted by atomic mass is 9.55. The molecule has 0 radical (unpaired) electrons. The van der Waals surface area contributed by atoms with E-state index in [2.05, 4.69) is 29.6 Å². The van der Waals surface area contributed by atoms with Gasteiger partial charge in [0, 0.05) is 17.5 Å². The fourth-order valence-electron chi connectivity index (χ4n) is 6.53. The number of carbonyl (C=O) groups is 3. The Balaban J connectivity index is 1.42. The Hall–Kier alpha value is -3.73. The lowest BCUT2D eigenvalue weighted by Crippen LogP contribution is -2.48. The molecule has 7 rings (SSSR count). The maximum atomic E-state index is 14.1. The molecule has 0 unspecified atom stereocenters. The van der Waals surface area contributed by atoms with Gasteiger partial charge in [-0.2, -0.15) is 0 Å². The summed E-state index contributed by atoms with van der Waals surface area (Å²) in [5, 5.41) is 2.93. The van der Waals surface area contributed by atoms with E-state index < -0.39 is 17.9 Å². The van der Waals surface area contributed by atoms with E-state index in [1.807, 2.05) is 68.4 Å². The normalized spacial score (nSPS) is 24.7. The number of likely N-dealkylation sites (tertiary alicyclic amines) is 1. The molecule has 5 nitrogen and oxygen atoms in total. The molecule has 3 aromatic rings. The van der Waals surface area contributed by atoms with Crippen LogP contribution in [0.1, 0.15) is 54.4 Å². The van der Waals surface area contributed by atoms with Crippen LogP contribution in [0.4, 0.5) is 5.69 Å². The largest absolute Gasteiger partial charge is 0.324 e. The zero-order chi connectivity index (χ0) is 24.3. The van der Waals surface area contributed by atoms with Crippen molar-refractivity contribution >= 4 is 23.4 Å². The van der Waals surface area contributed by atoms with Crippen molar-refractivity contribution in [2.24, 2.45) is 17.8 Å². The van der Waals surface area contributed by atoms with Crippen LogP contribution in [0.2, 0.25) is 0 Å². The molecule has 0 saturated carbocycles. The predicted octanol–water partition coefficient (Wildman–Crippen LogP) is 4.93. The van der Waals surface area contributed by atoms with Crippen LogP contribution in [0.25, 0.3) is 0 Å². The predicted molar refractivity (Wildman–Crippen MR) is 134 cm³/mol. The van der Waals surface area contributed by atoms with E-state index >= 15 is 0 Å². The minimum absolute atomic E-state index is 0.135. The van der Waals surface area contributed by atoms with Gasteiger partial charge in [0.05, 0.1) is 11.8 Å². The number of hydrogen-bond donors (Lipinski definition) is 1. The van der Waals surface area contributed by atoms with Gasteiger partial charge >= 0.3 is 0 Å². The monoisotopic (exact) mass is 464 g/mol. The minimum atomic E-state index is -0.841. The maximum absolute atomic E-state index is 14.1. The van der Waals surface area contributed by atoms with Crippen LogP contribution in [0.5, 0.6) is 0 Å². The molecule has 3 aliphatic carbocycles. The fraction of sp³-hybridized carbons (Fsp3) is 0.300. The van der Waals surface area contributed by atoms with Crippen LogP contribution in [0.15, 0.2) is 78.9 Å². The van der Waals surface area contributed by atoms with Crippen molar-refractivity contribution in [2.75, 3.05) is 5.32 Å². The van der Waals surface area contributed by atoms with E-state index in [9.17, 15) is 14.4 Å². The Kier molecular flexibility index (Phi) is 5.10. The zero-order valence-electron chi connectivity index (χ0n) is 19.8. The summed E-state index contributed by atoms with van der Waals surface area (Å²) < 4.78 is 0. The number of amides is 3. The van der Waals surface area contributed by atoms with Crippen LogP contribution >= 0.6 is 0 Å². The van der Waals surface area contributed by atoms with E-state index in [4.69, 9.17) is 0 Å². The minimum Gasteiger partial charge on any atom is -0.324 e. The SMILES string of the molecule is CC(C)C[C@H](C(=O)Nc1ccccc1)N1C(=O)[C@H]2C3c4ccccc4C(c4ccccc43)[C@@H]2C1=O. The third-order valence-corrected chi connectivity index (χ3v) is 7.83. The van der Waals surface area contributed by atoms with Gasteiger partial charge in [0.2, 0.25) is 17.7 Å². The number of para-hydroxylation sites is 1. The Labute approximate surface area is 205 Å².